The van der Waals surface area contributed by atoms with Crippen molar-refractivity contribution < 1.29 is 4.79 Å². The third-order valence-corrected chi connectivity index (χ3v) is 5.53. The van der Waals surface area contributed by atoms with Crippen LogP contribution in [0.1, 0.15) is 33.6 Å². The van der Waals surface area contributed by atoms with Gasteiger partial charge in [-0.05, 0) is 44.8 Å². The van der Waals surface area contributed by atoms with E-state index in [0.717, 1.165) is 38.1 Å². The van der Waals surface area contributed by atoms with Crippen LogP contribution in [0.4, 0.5) is 0 Å². The lowest BCUT2D eigenvalue weighted by atomic mass is 9.82. The van der Waals surface area contributed by atoms with E-state index in [4.69, 9.17) is 4.99 Å². The third kappa shape index (κ3) is 6.38. The molecule has 0 aromatic rings. The van der Waals surface area contributed by atoms with Crippen LogP contribution in [-0.4, -0.2) is 43.4 Å². The van der Waals surface area contributed by atoms with Crippen molar-refractivity contribution in [3.8, 4) is 0 Å². The number of piperidine rings is 1. The fourth-order valence-corrected chi connectivity index (χ4v) is 4.11. The Morgan fingerprint density at radius 1 is 1.20 bits per heavy atom. The number of hydrogen-bond donors (Lipinski definition) is 0. The maximum absolute atomic E-state index is 11.4. The first kappa shape index (κ1) is 23.5. The second kappa shape index (κ2) is 12.7. The van der Waals surface area contributed by atoms with Crippen molar-refractivity contribution in [3.05, 3.63) is 72.0 Å². The van der Waals surface area contributed by atoms with Crippen molar-refractivity contribution in [3.63, 3.8) is 0 Å². The molecule has 3 atom stereocenters. The van der Waals surface area contributed by atoms with E-state index in [1.54, 1.807) is 6.21 Å². The highest BCUT2D eigenvalue weighted by atomic mass is 16.1. The van der Waals surface area contributed by atoms with Gasteiger partial charge >= 0.3 is 0 Å². The molecule has 4 heteroatoms. The van der Waals surface area contributed by atoms with Crippen molar-refractivity contribution in [1.29, 1.82) is 0 Å². The standard InChI is InChI=1S/C26H35N3O/c1-5-8-11-21(10-6-2)23-14-13-22(15-16-28-7-3)26(27-4)25(18-23)24-12-9-17-29(19-24)20-30/h5-8,10-11,13-16,18,20,22-24H,9,12,17,19H2,1-4H3/b8-5-,10-6-,16-15-,21-11+,27-26?,28-7?. The quantitative estimate of drug-likeness (QED) is 0.244. The molecule has 1 saturated heterocycles. The van der Waals surface area contributed by atoms with E-state index in [0.29, 0.717) is 5.92 Å². The zero-order chi connectivity index (χ0) is 21.8. The minimum absolute atomic E-state index is 0.0649. The number of amides is 1. The van der Waals surface area contributed by atoms with Gasteiger partial charge in [0.25, 0.3) is 0 Å². The van der Waals surface area contributed by atoms with Crippen LogP contribution in [0.25, 0.3) is 0 Å². The van der Waals surface area contributed by atoms with Crippen LogP contribution in [0.5, 0.6) is 0 Å². The average Bonchev–Trinajstić information content (AvgIpc) is 2.96. The second-order valence-electron chi connectivity index (χ2n) is 7.55. The van der Waals surface area contributed by atoms with Gasteiger partial charge < -0.3 is 4.90 Å². The molecule has 3 unspecified atom stereocenters. The maximum atomic E-state index is 11.4. The molecule has 1 heterocycles. The molecule has 2 rings (SSSR count). The largest absolute Gasteiger partial charge is 0.345 e. The molecule has 0 saturated carbocycles. The number of rotatable bonds is 7. The van der Waals surface area contributed by atoms with E-state index in [2.05, 4.69) is 53.6 Å². The fourth-order valence-electron chi connectivity index (χ4n) is 4.11. The molecule has 0 radical (unpaired) electrons. The van der Waals surface area contributed by atoms with E-state index < -0.39 is 0 Å². The summed E-state index contributed by atoms with van der Waals surface area (Å²) in [7, 11) is 1.87. The van der Waals surface area contributed by atoms with E-state index in [9.17, 15) is 4.79 Å². The molecule has 1 aliphatic heterocycles. The van der Waals surface area contributed by atoms with Crippen molar-refractivity contribution >= 4 is 18.3 Å². The minimum Gasteiger partial charge on any atom is -0.345 e. The number of carbonyl (C=O) groups excluding carboxylic acids is 1. The first-order valence-corrected chi connectivity index (χ1v) is 10.8. The first-order valence-electron chi connectivity index (χ1n) is 10.8. The summed E-state index contributed by atoms with van der Waals surface area (Å²) in [5, 5.41) is 0. The molecule has 0 spiro atoms. The van der Waals surface area contributed by atoms with Gasteiger partial charge in [-0.1, -0.05) is 54.7 Å². The van der Waals surface area contributed by atoms with Crippen molar-refractivity contribution in [2.24, 2.45) is 27.7 Å². The first-order chi connectivity index (χ1) is 14.7. The van der Waals surface area contributed by atoms with Gasteiger partial charge in [0, 0.05) is 56.0 Å². The molecule has 30 heavy (non-hydrogen) atoms. The molecule has 0 bridgehead atoms. The highest BCUT2D eigenvalue weighted by Gasteiger charge is 2.29. The Hall–Kier alpha value is -2.75. The summed E-state index contributed by atoms with van der Waals surface area (Å²) in [6.07, 6.45) is 26.2. The molecule has 0 aromatic heterocycles. The highest BCUT2D eigenvalue weighted by molar-refractivity contribution is 6.05. The van der Waals surface area contributed by atoms with Crippen LogP contribution in [0.3, 0.4) is 0 Å². The lowest BCUT2D eigenvalue weighted by molar-refractivity contribution is -0.119. The van der Waals surface area contributed by atoms with Crippen LogP contribution in [0.2, 0.25) is 0 Å². The number of carbonyl (C=O) groups is 1. The Bertz CT molecular complexity index is 808. The SMILES string of the molecule is CC=N/C=C\C1C=CC(C(/C=C\C)=C/C=C\C)C=C(C2CCCN(C=O)C2)C1=NC. The monoisotopic (exact) mass is 405 g/mol. The molecule has 2 aliphatic rings. The minimum atomic E-state index is 0.0649. The van der Waals surface area contributed by atoms with E-state index in [1.807, 2.05) is 45.0 Å². The van der Waals surface area contributed by atoms with Gasteiger partial charge in [0.1, 0.15) is 0 Å². The van der Waals surface area contributed by atoms with Gasteiger partial charge in [-0.15, -0.1) is 0 Å². The van der Waals surface area contributed by atoms with Gasteiger partial charge in [-0.25, -0.2) is 0 Å². The number of hydrogen-bond acceptors (Lipinski definition) is 3. The summed E-state index contributed by atoms with van der Waals surface area (Å²) in [6, 6.07) is 0. The summed E-state index contributed by atoms with van der Waals surface area (Å²) >= 11 is 0. The van der Waals surface area contributed by atoms with Crippen LogP contribution in [0.15, 0.2) is 82.0 Å². The summed E-state index contributed by atoms with van der Waals surface area (Å²) in [6.45, 7) is 7.58. The van der Waals surface area contributed by atoms with Crippen molar-refractivity contribution in [2.75, 3.05) is 20.1 Å². The zero-order valence-corrected chi connectivity index (χ0v) is 18.7. The average molecular weight is 406 g/mol. The Balaban J connectivity index is 2.55. The third-order valence-electron chi connectivity index (χ3n) is 5.53. The maximum Gasteiger partial charge on any atom is 0.209 e. The molecule has 1 amide bonds. The van der Waals surface area contributed by atoms with Crippen LogP contribution in [0, 0.1) is 17.8 Å². The predicted molar refractivity (Wildman–Crippen MR) is 129 cm³/mol. The highest BCUT2D eigenvalue weighted by Crippen LogP contribution is 2.33. The normalized spacial score (nSPS) is 27.7. The number of aliphatic imine (C=N–C) groups is 2. The van der Waals surface area contributed by atoms with Crippen LogP contribution in [-0.2, 0) is 4.79 Å². The molecule has 1 fully saturated rings. The van der Waals surface area contributed by atoms with E-state index >= 15 is 0 Å². The Morgan fingerprint density at radius 3 is 2.70 bits per heavy atom. The lowest BCUT2D eigenvalue weighted by Gasteiger charge is -2.33. The molecule has 0 N–H and O–H groups in total. The molecular weight excluding hydrogens is 370 g/mol. The second-order valence-corrected chi connectivity index (χ2v) is 7.55. The summed E-state index contributed by atoms with van der Waals surface area (Å²) in [4.78, 5) is 22.3. The number of likely N-dealkylation sites (tertiary alicyclic amines) is 1. The molecule has 0 aromatic carbocycles. The van der Waals surface area contributed by atoms with Crippen LogP contribution < -0.4 is 0 Å². The smallest absolute Gasteiger partial charge is 0.209 e. The van der Waals surface area contributed by atoms with Gasteiger partial charge in [-0.3, -0.25) is 14.8 Å². The van der Waals surface area contributed by atoms with Gasteiger partial charge in [-0.2, -0.15) is 0 Å². The number of nitrogens with zero attached hydrogens (tertiary/aromatic N) is 3. The predicted octanol–water partition coefficient (Wildman–Crippen LogP) is 5.34. The molecular formula is C26H35N3O. The number of allylic oxidation sites excluding steroid dienone is 10. The van der Waals surface area contributed by atoms with E-state index in [1.165, 1.54) is 11.1 Å². The van der Waals surface area contributed by atoms with Crippen molar-refractivity contribution in [1.82, 2.24) is 4.90 Å². The zero-order valence-electron chi connectivity index (χ0n) is 18.7. The lowest BCUT2D eigenvalue weighted by Crippen LogP contribution is -2.37. The van der Waals surface area contributed by atoms with E-state index in [-0.39, 0.29) is 11.8 Å². The Kier molecular flexibility index (Phi) is 9.99. The molecule has 1 aliphatic carbocycles. The van der Waals surface area contributed by atoms with Gasteiger partial charge in [0.15, 0.2) is 0 Å². The van der Waals surface area contributed by atoms with Crippen LogP contribution >= 0.6 is 0 Å². The fraction of sp³-hybridized carbons (Fsp3) is 0.423. The summed E-state index contributed by atoms with van der Waals surface area (Å²) in [5.41, 5.74) is 3.56. The van der Waals surface area contributed by atoms with Gasteiger partial charge in [0.05, 0.1) is 0 Å². The van der Waals surface area contributed by atoms with Crippen molar-refractivity contribution in [2.45, 2.75) is 33.6 Å². The topological polar surface area (TPSA) is 45.0 Å². The summed E-state index contributed by atoms with van der Waals surface area (Å²) in [5.74, 6) is 0.517. The summed E-state index contributed by atoms with van der Waals surface area (Å²) < 4.78 is 0. The van der Waals surface area contributed by atoms with Gasteiger partial charge in [0.2, 0.25) is 6.41 Å². The molecule has 4 nitrogen and oxygen atoms in total. The Morgan fingerprint density at radius 2 is 2.03 bits per heavy atom. The Labute approximate surface area is 181 Å². The molecule has 160 valence electrons.